The van der Waals surface area contributed by atoms with E-state index in [1.807, 2.05) is 25.1 Å². The van der Waals surface area contributed by atoms with Gasteiger partial charge in [-0.15, -0.1) is 0 Å². The molecule has 0 unspecified atom stereocenters. The van der Waals surface area contributed by atoms with E-state index in [1.54, 1.807) is 6.07 Å². The molecule has 4 heteroatoms. The Morgan fingerprint density at radius 1 is 1.36 bits per heavy atom. The summed E-state index contributed by atoms with van der Waals surface area (Å²) in [5, 5.41) is 9.58. The maximum Gasteiger partial charge on any atom is 0.161 e. The van der Waals surface area contributed by atoms with Gasteiger partial charge in [0.2, 0.25) is 0 Å². The lowest BCUT2D eigenvalue weighted by atomic mass is 10.2. The van der Waals surface area contributed by atoms with Crippen LogP contribution in [0.4, 0.5) is 5.82 Å². The zero-order valence-corrected chi connectivity index (χ0v) is 7.65. The smallest absolute Gasteiger partial charge is 0.161 e. The standard InChI is InChI=1S/C10H8N4/c1-6-2-3-7-4-8(5-11)9(12)14-10(7)13-6/h2-4H,1H3,(H2,12,13,14). The van der Waals surface area contributed by atoms with Gasteiger partial charge in [-0.1, -0.05) is 0 Å². The van der Waals surface area contributed by atoms with Crippen molar-refractivity contribution in [2.75, 3.05) is 5.73 Å². The van der Waals surface area contributed by atoms with E-state index in [4.69, 9.17) is 11.0 Å². The van der Waals surface area contributed by atoms with Gasteiger partial charge < -0.3 is 5.73 Å². The molecule has 2 aromatic heterocycles. The van der Waals surface area contributed by atoms with E-state index in [2.05, 4.69) is 9.97 Å². The average molecular weight is 184 g/mol. The number of hydrogen-bond donors (Lipinski definition) is 1. The fraction of sp³-hybridized carbons (Fsp3) is 0.100. The fourth-order valence-electron chi connectivity index (χ4n) is 1.25. The van der Waals surface area contributed by atoms with E-state index in [0.29, 0.717) is 11.2 Å². The van der Waals surface area contributed by atoms with Crippen molar-refractivity contribution in [3.8, 4) is 6.07 Å². The second kappa shape index (κ2) is 2.96. The first-order valence-electron chi connectivity index (χ1n) is 4.14. The van der Waals surface area contributed by atoms with Gasteiger partial charge >= 0.3 is 0 Å². The monoisotopic (exact) mass is 184 g/mol. The topological polar surface area (TPSA) is 75.6 Å². The molecule has 0 aliphatic carbocycles. The lowest BCUT2D eigenvalue weighted by Crippen LogP contribution is -1.97. The first-order valence-corrected chi connectivity index (χ1v) is 4.14. The number of nitrogens with two attached hydrogens (primary N) is 1. The molecular formula is C10H8N4. The van der Waals surface area contributed by atoms with Crippen molar-refractivity contribution in [2.45, 2.75) is 6.92 Å². The average Bonchev–Trinajstić information content (AvgIpc) is 2.16. The molecule has 0 aromatic carbocycles. The summed E-state index contributed by atoms with van der Waals surface area (Å²) >= 11 is 0. The molecule has 4 nitrogen and oxygen atoms in total. The molecule has 2 aromatic rings. The molecule has 2 heterocycles. The number of nitrogens with zero attached hydrogens (tertiary/aromatic N) is 3. The van der Waals surface area contributed by atoms with Crippen molar-refractivity contribution in [3.63, 3.8) is 0 Å². The maximum atomic E-state index is 8.74. The molecule has 0 aliphatic rings. The van der Waals surface area contributed by atoms with Gasteiger partial charge in [0.05, 0.1) is 5.56 Å². The van der Waals surface area contributed by atoms with Crippen LogP contribution in [0, 0.1) is 18.3 Å². The van der Waals surface area contributed by atoms with Crippen LogP contribution in [0.25, 0.3) is 11.0 Å². The summed E-state index contributed by atoms with van der Waals surface area (Å²) in [4.78, 5) is 8.26. The number of nitriles is 1. The van der Waals surface area contributed by atoms with Crippen LogP contribution >= 0.6 is 0 Å². The second-order valence-corrected chi connectivity index (χ2v) is 3.03. The summed E-state index contributed by atoms with van der Waals surface area (Å²) in [5.74, 6) is 0.234. The summed E-state index contributed by atoms with van der Waals surface area (Å²) < 4.78 is 0. The Bertz CT molecular complexity index is 540. The molecule has 0 fully saturated rings. The van der Waals surface area contributed by atoms with E-state index in [0.717, 1.165) is 11.1 Å². The Balaban J connectivity index is 2.81. The van der Waals surface area contributed by atoms with E-state index >= 15 is 0 Å². The molecule has 0 aliphatic heterocycles. The molecule has 68 valence electrons. The number of hydrogen-bond acceptors (Lipinski definition) is 4. The first kappa shape index (κ1) is 8.45. The van der Waals surface area contributed by atoms with Crippen LogP contribution in [-0.2, 0) is 0 Å². The maximum absolute atomic E-state index is 8.74. The molecule has 0 bridgehead atoms. The number of anilines is 1. The van der Waals surface area contributed by atoms with Crippen LogP contribution < -0.4 is 5.73 Å². The lowest BCUT2D eigenvalue weighted by molar-refractivity contribution is 1.20. The molecule has 2 N–H and O–H groups in total. The van der Waals surface area contributed by atoms with Crippen LogP contribution in [0.5, 0.6) is 0 Å². The Labute approximate surface area is 81.0 Å². The molecule has 14 heavy (non-hydrogen) atoms. The van der Waals surface area contributed by atoms with Crippen LogP contribution in [0.3, 0.4) is 0 Å². The van der Waals surface area contributed by atoms with Crippen molar-refractivity contribution < 1.29 is 0 Å². The van der Waals surface area contributed by atoms with Gasteiger partial charge in [0.15, 0.2) is 5.65 Å². The molecule has 0 spiro atoms. The number of aryl methyl sites for hydroxylation is 1. The molecule has 0 saturated heterocycles. The van der Waals surface area contributed by atoms with Crippen LogP contribution in [0.1, 0.15) is 11.3 Å². The minimum atomic E-state index is 0.234. The number of fused-ring (bicyclic) bond motifs is 1. The molecule has 2 rings (SSSR count). The summed E-state index contributed by atoms with van der Waals surface area (Å²) in [6, 6.07) is 7.44. The van der Waals surface area contributed by atoms with Gasteiger partial charge in [-0.2, -0.15) is 5.26 Å². The van der Waals surface area contributed by atoms with E-state index in [-0.39, 0.29) is 5.82 Å². The number of pyridine rings is 2. The zero-order chi connectivity index (χ0) is 10.1. The Morgan fingerprint density at radius 2 is 2.14 bits per heavy atom. The van der Waals surface area contributed by atoms with E-state index in [1.165, 1.54) is 0 Å². The first-order chi connectivity index (χ1) is 6.70. The quantitative estimate of drug-likeness (QED) is 0.671. The van der Waals surface area contributed by atoms with Gasteiger partial charge in [-0.05, 0) is 25.1 Å². The summed E-state index contributed by atoms with van der Waals surface area (Å²) in [6.07, 6.45) is 0. The Hall–Kier alpha value is -2.15. The predicted molar refractivity (Wildman–Crippen MR) is 53.4 cm³/mol. The summed E-state index contributed by atoms with van der Waals surface area (Å²) in [7, 11) is 0. The number of aromatic nitrogens is 2. The Morgan fingerprint density at radius 3 is 2.86 bits per heavy atom. The third-order valence-electron chi connectivity index (χ3n) is 1.97. The molecule has 0 atom stereocenters. The summed E-state index contributed by atoms with van der Waals surface area (Å²) in [5.41, 5.74) is 7.43. The highest BCUT2D eigenvalue weighted by molar-refractivity contribution is 5.79. The highest BCUT2D eigenvalue weighted by atomic mass is 14.9. The van der Waals surface area contributed by atoms with Gasteiger partial charge in [0.1, 0.15) is 11.9 Å². The van der Waals surface area contributed by atoms with Crippen molar-refractivity contribution in [2.24, 2.45) is 0 Å². The van der Waals surface area contributed by atoms with Gasteiger partial charge in [-0.25, -0.2) is 9.97 Å². The van der Waals surface area contributed by atoms with Crippen LogP contribution in [-0.4, -0.2) is 9.97 Å². The van der Waals surface area contributed by atoms with E-state index < -0.39 is 0 Å². The van der Waals surface area contributed by atoms with E-state index in [9.17, 15) is 0 Å². The largest absolute Gasteiger partial charge is 0.383 e. The van der Waals surface area contributed by atoms with Gasteiger partial charge in [0, 0.05) is 11.1 Å². The van der Waals surface area contributed by atoms with Crippen LogP contribution in [0.15, 0.2) is 18.2 Å². The van der Waals surface area contributed by atoms with Crippen molar-refractivity contribution in [1.29, 1.82) is 5.26 Å². The third-order valence-corrected chi connectivity index (χ3v) is 1.97. The van der Waals surface area contributed by atoms with Crippen molar-refractivity contribution in [1.82, 2.24) is 9.97 Å². The minimum Gasteiger partial charge on any atom is -0.383 e. The molecule has 0 saturated carbocycles. The minimum absolute atomic E-state index is 0.234. The Kier molecular flexibility index (Phi) is 1.79. The zero-order valence-electron chi connectivity index (χ0n) is 7.65. The highest BCUT2D eigenvalue weighted by Gasteiger charge is 2.03. The predicted octanol–water partition coefficient (Wildman–Crippen LogP) is 1.39. The summed E-state index contributed by atoms with van der Waals surface area (Å²) in [6.45, 7) is 1.88. The molecular weight excluding hydrogens is 176 g/mol. The second-order valence-electron chi connectivity index (χ2n) is 3.03. The van der Waals surface area contributed by atoms with Crippen molar-refractivity contribution in [3.05, 3.63) is 29.5 Å². The van der Waals surface area contributed by atoms with Gasteiger partial charge in [0.25, 0.3) is 0 Å². The fourth-order valence-corrected chi connectivity index (χ4v) is 1.25. The highest BCUT2D eigenvalue weighted by Crippen LogP contribution is 2.16. The number of rotatable bonds is 0. The SMILES string of the molecule is Cc1ccc2cc(C#N)c(N)nc2n1. The molecule has 0 radical (unpaired) electrons. The van der Waals surface area contributed by atoms with Gasteiger partial charge in [-0.3, -0.25) is 0 Å². The molecule has 0 amide bonds. The van der Waals surface area contributed by atoms with Crippen molar-refractivity contribution >= 4 is 16.9 Å². The number of nitrogen functional groups attached to an aromatic ring is 1. The normalized spacial score (nSPS) is 10.0. The van der Waals surface area contributed by atoms with Crippen LogP contribution in [0.2, 0.25) is 0 Å². The lowest BCUT2D eigenvalue weighted by Gasteiger charge is -2.00. The third kappa shape index (κ3) is 1.25.